The lowest BCUT2D eigenvalue weighted by Crippen LogP contribution is -2.43. The van der Waals surface area contributed by atoms with Crippen molar-refractivity contribution in [3.8, 4) is 0 Å². The van der Waals surface area contributed by atoms with Gasteiger partial charge in [0.25, 0.3) is 0 Å². The highest BCUT2D eigenvalue weighted by atomic mass is 16.5. The van der Waals surface area contributed by atoms with E-state index in [1.807, 2.05) is 0 Å². The van der Waals surface area contributed by atoms with E-state index in [1.54, 1.807) is 0 Å². The number of ether oxygens (including phenoxy) is 1. The summed E-state index contributed by atoms with van der Waals surface area (Å²) in [5.74, 6) is 1.59. The Bertz CT molecular complexity index is 266. The Balaban J connectivity index is 1.58. The molecule has 4 atom stereocenters. The Hall–Kier alpha value is -0.120. The number of hydrogen-bond donors (Lipinski definition) is 2. The highest BCUT2D eigenvalue weighted by Gasteiger charge is 2.25. The maximum absolute atomic E-state index is 10.1. The maximum Gasteiger partial charge on any atom is 0.0897 e. The fourth-order valence-corrected chi connectivity index (χ4v) is 3.79. The molecule has 2 fully saturated rings. The Labute approximate surface area is 124 Å². The normalized spacial score (nSPS) is 34.0. The monoisotopic (exact) mass is 283 g/mol. The zero-order valence-corrected chi connectivity index (χ0v) is 13.3. The van der Waals surface area contributed by atoms with Crippen molar-refractivity contribution in [1.29, 1.82) is 0 Å². The lowest BCUT2D eigenvalue weighted by Gasteiger charge is -2.34. The first kappa shape index (κ1) is 16.3. The van der Waals surface area contributed by atoms with Gasteiger partial charge in [-0.25, -0.2) is 0 Å². The summed E-state index contributed by atoms with van der Waals surface area (Å²) in [4.78, 5) is 0. The molecule has 0 saturated heterocycles. The van der Waals surface area contributed by atoms with Gasteiger partial charge in [0.05, 0.1) is 18.8 Å². The molecule has 0 aromatic rings. The summed E-state index contributed by atoms with van der Waals surface area (Å²) in [5, 5.41) is 13.6. The van der Waals surface area contributed by atoms with Crippen LogP contribution in [0.3, 0.4) is 0 Å². The topological polar surface area (TPSA) is 41.5 Å². The van der Waals surface area contributed by atoms with E-state index >= 15 is 0 Å². The number of rotatable bonds is 6. The predicted octanol–water partition coefficient (Wildman–Crippen LogP) is 3.11. The Kier molecular flexibility index (Phi) is 6.79. The molecule has 0 radical (unpaired) electrons. The summed E-state index contributed by atoms with van der Waals surface area (Å²) in [5.41, 5.74) is 0. The smallest absolute Gasteiger partial charge is 0.0897 e. The minimum absolute atomic E-state index is 0.358. The molecular formula is C17H33NO2. The number of nitrogens with one attached hydrogen (secondary N) is 1. The minimum atomic E-state index is -0.358. The zero-order valence-electron chi connectivity index (χ0n) is 13.3. The molecule has 2 rings (SSSR count). The molecule has 20 heavy (non-hydrogen) atoms. The van der Waals surface area contributed by atoms with Crippen LogP contribution in [0.1, 0.15) is 65.2 Å². The SMILES string of the molecule is CC1CCC(NCC(O)COC2CCCCC2)C(C)C1. The van der Waals surface area contributed by atoms with Gasteiger partial charge in [0.2, 0.25) is 0 Å². The number of hydrogen-bond acceptors (Lipinski definition) is 3. The summed E-state index contributed by atoms with van der Waals surface area (Å²) < 4.78 is 5.84. The van der Waals surface area contributed by atoms with Gasteiger partial charge in [0.1, 0.15) is 0 Å². The minimum Gasteiger partial charge on any atom is -0.389 e. The molecule has 0 aliphatic heterocycles. The molecule has 0 heterocycles. The first-order valence-corrected chi connectivity index (χ1v) is 8.68. The van der Waals surface area contributed by atoms with Gasteiger partial charge in [-0.1, -0.05) is 33.1 Å². The van der Waals surface area contributed by atoms with Gasteiger partial charge in [-0.2, -0.15) is 0 Å². The third kappa shape index (κ3) is 5.34. The fraction of sp³-hybridized carbons (Fsp3) is 1.00. The first-order chi connectivity index (χ1) is 9.65. The summed E-state index contributed by atoms with van der Waals surface area (Å²) in [6.45, 7) is 5.85. The lowest BCUT2D eigenvalue weighted by atomic mass is 9.80. The van der Waals surface area contributed by atoms with Gasteiger partial charge in [-0.05, 0) is 43.9 Å². The largest absolute Gasteiger partial charge is 0.389 e. The van der Waals surface area contributed by atoms with Crippen molar-refractivity contribution in [3.63, 3.8) is 0 Å². The molecular weight excluding hydrogens is 250 g/mol. The van der Waals surface area contributed by atoms with Gasteiger partial charge in [-0.3, -0.25) is 0 Å². The van der Waals surface area contributed by atoms with Gasteiger partial charge in [-0.15, -0.1) is 0 Å². The van der Waals surface area contributed by atoms with Crippen molar-refractivity contribution < 1.29 is 9.84 Å². The van der Waals surface area contributed by atoms with Crippen LogP contribution in [0, 0.1) is 11.8 Å². The van der Waals surface area contributed by atoms with E-state index in [9.17, 15) is 5.11 Å². The van der Waals surface area contributed by atoms with Crippen molar-refractivity contribution in [2.24, 2.45) is 11.8 Å². The van der Waals surface area contributed by atoms with E-state index in [1.165, 1.54) is 51.4 Å². The Morgan fingerprint density at radius 1 is 1.10 bits per heavy atom. The van der Waals surface area contributed by atoms with Crippen LogP contribution in [0.25, 0.3) is 0 Å². The molecule has 2 saturated carbocycles. The molecule has 3 nitrogen and oxygen atoms in total. The molecule has 2 aliphatic carbocycles. The van der Waals surface area contributed by atoms with E-state index in [0.29, 0.717) is 25.3 Å². The second-order valence-corrected chi connectivity index (χ2v) is 7.16. The Morgan fingerprint density at radius 3 is 2.55 bits per heavy atom. The van der Waals surface area contributed by atoms with Crippen LogP contribution in [-0.2, 0) is 4.74 Å². The molecule has 3 heteroatoms. The van der Waals surface area contributed by atoms with E-state index in [0.717, 1.165) is 11.8 Å². The summed E-state index contributed by atoms with van der Waals surface area (Å²) >= 11 is 0. The van der Waals surface area contributed by atoms with Crippen molar-refractivity contribution in [2.45, 2.75) is 83.5 Å². The van der Waals surface area contributed by atoms with Crippen LogP contribution in [-0.4, -0.2) is 36.5 Å². The second kappa shape index (κ2) is 8.35. The third-order valence-corrected chi connectivity index (χ3v) is 5.12. The van der Waals surface area contributed by atoms with Gasteiger partial charge < -0.3 is 15.2 Å². The second-order valence-electron chi connectivity index (χ2n) is 7.16. The van der Waals surface area contributed by atoms with Crippen LogP contribution in [0.15, 0.2) is 0 Å². The summed E-state index contributed by atoms with van der Waals surface area (Å²) in [6, 6.07) is 0.579. The molecule has 0 spiro atoms. The average molecular weight is 283 g/mol. The maximum atomic E-state index is 10.1. The van der Waals surface area contributed by atoms with Crippen molar-refractivity contribution in [3.05, 3.63) is 0 Å². The fourth-order valence-electron chi connectivity index (χ4n) is 3.79. The Morgan fingerprint density at radius 2 is 1.85 bits per heavy atom. The van der Waals surface area contributed by atoms with Crippen LogP contribution >= 0.6 is 0 Å². The molecule has 2 N–H and O–H groups in total. The first-order valence-electron chi connectivity index (χ1n) is 8.68. The summed E-state index contributed by atoms with van der Waals surface area (Å²) in [6.07, 6.45) is 10.2. The van der Waals surface area contributed by atoms with Crippen molar-refractivity contribution in [2.75, 3.05) is 13.2 Å². The molecule has 0 aromatic heterocycles. The van der Waals surface area contributed by atoms with Gasteiger partial charge in [0, 0.05) is 12.6 Å². The van der Waals surface area contributed by atoms with E-state index < -0.39 is 0 Å². The quantitative estimate of drug-likeness (QED) is 0.787. The van der Waals surface area contributed by atoms with E-state index in [2.05, 4.69) is 19.2 Å². The van der Waals surface area contributed by atoms with Crippen molar-refractivity contribution >= 4 is 0 Å². The van der Waals surface area contributed by atoms with Crippen LogP contribution in [0.2, 0.25) is 0 Å². The third-order valence-electron chi connectivity index (χ3n) is 5.12. The number of aliphatic hydroxyl groups excluding tert-OH is 1. The molecule has 118 valence electrons. The summed E-state index contributed by atoms with van der Waals surface area (Å²) in [7, 11) is 0. The van der Waals surface area contributed by atoms with Gasteiger partial charge >= 0.3 is 0 Å². The lowest BCUT2D eigenvalue weighted by molar-refractivity contribution is -0.0244. The molecule has 0 amide bonds. The molecule has 2 aliphatic rings. The van der Waals surface area contributed by atoms with Crippen LogP contribution < -0.4 is 5.32 Å². The van der Waals surface area contributed by atoms with Crippen LogP contribution in [0.5, 0.6) is 0 Å². The standard InChI is InChI=1S/C17H33NO2/c1-13-8-9-17(14(2)10-13)18-11-15(19)12-20-16-6-4-3-5-7-16/h13-19H,3-12H2,1-2H3. The molecule has 4 unspecified atom stereocenters. The van der Waals surface area contributed by atoms with E-state index in [-0.39, 0.29) is 6.10 Å². The van der Waals surface area contributed by atoms with E-state index in [4.69, 9.17) is 4.74 Å². The van der Waals surface area contributed by atoms with Gasteiger partial charge in [0.15, 0.2) is 0 Å². The van der Waals surface area contributed by atoms with Crippen LogP contribution in [0.4, 0.5) is 0 Å². The predicted molar refractivity (Wildman–Crippen MR) is 82.8 cm³/mol. The van der Waals surface area contributed by atoms with Crippen molar-refractivity contribution in [1.82, 2.24) is 5.32 Å². The number of aliphatic hydroxyl groups is 1. The molecule has 0 aromatic carbocycles. The zero-order chi connectivity index (χ0) is 14.4. The highest BCUT2D eigenvalue weighted by molar-refractivity contribution is 4.81. The molecule has 0 bridgehead atoms. The highest BCUT2D eigenvalue weighted by Crippen LogP contribution is 2.28. The average Bonchev–Trinajstić information content (AvgIpc) is 2.45.